The van der Waals surface area contributed by atoms with Crippen LogP contribution in [0.3, 0.4) is 0 Å². The molecule has 19 heavy (non-hydrogen) atoms. The summed E-state index contributed by atoms with van der Waals surface area (Å²) in [5.41, 5.74) is -0.167. The van der Waals surface area contributed by atoms with Crippen molar-refractivity contribution in [3.05, 3.63) is 18.2 Å². The summed E-state index contributed by atoms with van der Waals surface area (Å²) in [6.45, 7) is -1.53. The monoisotopic (exact) mass is 281 g/mol. The number of carbonyl (C=O) groups is 2. The third kappa shape index (κ3) is 5.75. The first kappa shape index (κ1) is 14.8. The predicted octanol–water partition coefficient (Wildman–Crippen LogP) is 0.870. The van der Waals surface area contributed by atoms with Crippen molar-refractivity contribution >= 4 is 12.1 Å². The Hall–Kier alpha value is -2.26. The number of rotatable bonds is 5. The third-order valence-corrected chi connectivity index (χ3v) is 1.86. The van der Waals surface area contributed by atoms with Gasteiger partial charge in [-0.05, 0) is 0 Å². The van der Waals surface area contributed by atoms with E-state index in [0.29, 0.717) is 0 Å². The SMILES string of the molecule is O=C(NCCn1cnc(C(=O)O)c1)OCC(F)(F)F. The summed E-state index contributed by atoms with van der Waals surface area (Å²) in [7, 11) is 0. The number of aromatic nitrogens is 2. The van der Waals surface area contributed by atoms with Crippen molar-refractivity contribution in [2.24, 2.45) is 0 Å². The summed E-state index contributed by atoms with van der Waals surface area (Å²) >= 11 is 0. The second-order valence-electron chi connectivity index (χ2n) is 3.42. The van der Waals surface area contributed by atoms with E-state index in [9.17, 15) is 22.8 Å². The summed E-state index contributed by atoms with van der Waals surface area (Å²) in [5.74, 6) is -1.20. The molecule has 1 heterocycles. The molecule has 1 aromatic heterocycles. The lowest BCUT2D eigenvalue weighted by molar-refractivity contribution is -0.160. The fraction of sp³-hybridized carbons (Fsp3) is 0.444. The highest BCUT2D eigenvalue weighted by Gasteiger charge is 2.29. The maximum atomic E-state index is 11.7. The fourth-order valence-electron chi connectivity index (χ4n) is 1.08. The molecule has 0 atom stereocenters. The molecule has 0 saturated carbocycles. The average molecular weight is 281 g/mol. The van der Waals surface area contributed by atoms with Gasteiger partial charge in [-0.25, -0.2) is 14.6 Å². The standard InChI is InChI=1S/C9H10F3N3O4/c10-9(11,12)4-19-8(18)13-1-2-15-3-6(7(16)17)14-5-15/h3,5H,1-2,4H2,(H,13,18)(H,16,17). The average Bonchev–Trinajstić information content (AvgIpc) is 2.74. The molecule has 0 radical (unpaired) electrons. The number of carboxylic acid groups (broad SMARTS) is 1. The van der Waals surface area contributed by atoms with E-state index in [1.165, 1.54) is 17.1 Å². The summed E-state index contributed by atoms with van der Waals surface area (Å²) in [6.07, 6.45) is -3.31. The first-order valence-electron chi connectivity index (χ1n) is 5.00. The molecule has 0 unspecified atom stereocenters. The zero-order chi connectivity index (χ0) is 14.5. The van der Waals surface area contributed by atoms with Crippen LogP contribution in [0.15, 0.2) is 12.5 Å². The molecular weight excluding hydrogens is 271 g/mol. The van der Waals surface area contributed by atoms with Crippen molar-refractivity contribution in [1.82, 2.24) is 14.9 Å². The highest BCUT2D eigenvalue weighted by atomic mass is 19.4. The molecule has 0 aliphatic rings. The van der Waals surface area contributed by atoms with Crippen LogP contribution in [-0.2, 0) is 11.3 Å². The largest absolute Gasteiger partial charge is 0.476 e. The smallest absolute Gasteiger partial charge is 0.422 e. The van der Waals surface area contributed by atoms with Gasteiger partial charge in [-0.3, -0.25) is 0 Å². The number of carboxylic acids is 1. The van der Waals surface area contributed by atoms with Gasteiger partial charge in [0.15, 0.2) is 12.3 Å². The Labute approximate surface area is 105 Å². The van der Waals surface area contributed by atoms with Crippen LogP contribution in [-0.4, -0.2) is 46.0 Å². The number of alkyl halides is 3. The van der Waals surface area contributed by atoms with Crippen molar-refractivity contribution in [3.8, 4) is 0 Å². The van der Waals surface area contributed by atoms with Crippen molar-refractivity contribution in [3.63, 3.8) is 0 Å². The topological polar surface area (TPSA) is 93.5 Å². The molecule has 2 N–H and O–H groups in total. The van der Waals surface area contributed by atoms with Gasteiger partial charge < -0.3 is 19.7 Å². The first-order chi connectivity index (χ1) is 8.78. The van der Waals surface area contributed by atoms with E-state index in [2.05, 4.69) is 15.0 Å². The summed E-state index contributed by atoms with van der Waals surface area (Å²) in [4.78, 5) is 24.9. The Balaban J connectivity index is 2.26. The van der Waals surface area contributed by atoms with Crippen molar-refractivity contribution in [2.75, 3.05) is 13.2 Å². The van der Waals surface area contributed by atoms with Gasteiger partial charge in [0.1, 0.15) is 0 Å². The number of halogens is 3. The van der Waals surface area contributed by atoms with Crippen LogP contribution in [0.1, 0.15) is 10.5 Å². The van der Waals surface area contributed by atoms with Gasteiger partial charge >= 0.3 is 18.2 Å². The Morgan fingerprint density at radius 1 is 1.47 bits per heavy atom. The van der Waals surface area contributed by atoms with Crippen LogP contribution < -0.4 is 5.32 Å². The number of ether oxygens (including phenoxy) is 1. The Bertz CT molecular complexity index is 458. The van der Waals surface area contributed by atoms with Gasteiger partial charge in [0.2, 0.25) is 0 Å². The number of nitrogens with one attached hydrogen (secondary N) is 1. The number of hydrogen-bond donors (Lipinski definition) is 2. The lowest BCUT2D eigenvalue weighted by Crippen LogP contribution is -2.31. The molecule has 0 aliphatic carbocycles. The minimum atomic E-state index is -4.57. The molecule has 10 heteroatoms. The molecule has 0 aromatic carbocycles. The van der Waals surface area contributed by atoms with Gasteiger partial charge in [0.05, 0.1) is 6.33 Å². The summed E-state index contributed by atoms with van der Waals surface area (Å²) < 4.78 is 40.4. The zero-order valence-electron chi connectivity index (χ0n) is 9.48. The highest BCUT2D eigenvalue weighted by molar-refractivity contribution is 5.84. The molecule has 106 valence electrons. The molecule has 0 bridgehead atoms. The van der Waals surface area contributed by atoms with Gasteiger partial charge in [-0.15, -0.1) is 0 Å². The van der Waals surface area contributed by atoms with Crippen LogP contribution in [0.5, 0.6) is 0 Å². The molecule has 7 nitrogen and oxygen atoms in total. The lowest BCUT2D eigenvalue weighted by atomic mass is 10.5. The minimum absolute atomic E-state index is 0.0217. The minimum Gasteiger partial charge on any atom is -0.476 e. The van der Waals surface area contributed by atoms with Gasteiger partial charge in [0, 0.05) is 19.3 Å². The third-order valence-electron chi connectivity index (χ3n) is 1.86. The van der Waals surface area contributed by atoms with Gasteiger partial charge in [0.25, 0.3) is 0 Å². The molecule has 0 spiro atoms. The lowest BCUT2D eigenvalue weighted by Gasteiger charge is -2.09. The second-order valence-corrected chi connectivity index (χ2v) is 3.42. The second kappa shape index (κ2) is 6.07. The molecule has 1 amide bonds. The molecule has 1 rings (SSSR count). The van der Waals surface area contributed by atoms with E-state index in [1.807, 2.05) is 0 Å². The number of hydrogen-bond acceptors (Lipinski definition) is 4. The van der Waals surface area contributed by atoms with Crippen LogP contribution in [0, 0.1) is 0 Å². The Morgan fingerprint density at radius 3 is 2.68 bits per heavy atom. The van der Waals surface area contributed by atoms with E-state index in [1.54, 1.807) is 0 Å². The normalized spacial score (nSPS) is 11.1. The van der Waals surface area contributed by atoms with E-state index >= 15 is 0 Å². The van der Waals surface area contributed by atoms with Gasteiger partial charge in [-0.1, -0.05) is 0 Å². The molecule has 0 fully saturated rings. The fourth-order valence-corrected chi connectivity index (χ4v) is 1.08. The Kier molecular flexibility index (Phi) is 4.73. The van der Waals surface area contributed by atoms with E-state index in [4.69, 9.17) is 5.11 Å². The number of imidazole rings is 1. The van der Waals surface area contributed by atoms with E-state index in [0.717, 1.165) is 0 Å². The van der Waals surface area contributed by atoms with Crippen LogP contribution >= 0.6 is 0 Å². The van der Waals surface area contributed by atoms with Crippen LogP contribution in [0.25, 0.3) is 0 Å². The first-order valence-corrected chi connectivity index (χ1v) is 5.00. The Morgan fingerprint density at radius 2 is 2.16 bits per heavy atom. The number of aromatic carboxylic acids is 1. The van der Waals surface area contributed by atoms with Crippen LogP contribution in [0.2, 0.25) is 0 Å². The highest BCUT2D eigenvalue weighted by Crippen LogP contribution is 2.14. The van der Waals surface area contributed by atoms with Crippen molar-refractivity contribution in [1.29, 1.82) is 0 Å². The molecular formula is C9H10F3N3O4. The maximum absolute atomic E-state index is 11.7. The number of carbonyl (C=O) groups excluding carboxylic acids is 1. The van der Waals surface area contributed by atoms with E-state index < -0.39 is 24.8 Å². The van der Waals surface area contributed by atoms with E-state index in [-0.39, 0.29) is 18.8 Å². The zero-order valence-corrected chi connectivity index (χ0v) is 9.48. The summed E-state index contributed by atoms with van der Waals surface area (Å²) in [6, 6.07) is 0. The molecule has 0 aliphatic heterocycles. The van der Waals surface area contributed by atoms with Crippen molar-refractivity contribution < 1.29 is 32.6 Å². The number of nitrogens with zero attached hydrogens (tertiary/aromatic N) is 2. The van der Waals surface area contributed by atoms with Gasteiger partial charge in [-0.2, -0.15) is 13.2 Å². The molecule has 0 saturated heterocycles. The number of amides is 1. The maximum Gasteiger partial charge on any atom is 0.422 e. The quantitative estimate of drug-likeness (QED) is 0.835. The summed E-state index contributed by atoms with van der Waals surface area (Å²) in [5, 5.41) is 10.7. The molecule has 1 aromatic rings. The van der Waals surface area contributed by atoms with Crippen LogP contribution in [0.4, 0.5) is 18.0 Å². The van der Waals surface area contributed by atoms with Crippen molar-refractivity contribution in [2.45, 2.75) is 12.7 Å². The predicted molar refractivity (Wildman–Crippen MR) is 54.6 cm³/mol. The number of alkyl carbamates (subject to hydrolysis) is 1.